The number of hydrogen-bond acceptors (Lipinski definition) is 4. The Morgan fingerprint density at radius 1 is 1.07 bits per heavy atom. The zero-order chi connectivity index (χ0) is 20.3. The predicted octanol–water partition coefficient (Wildman–Crippen LogP) is 3.35. The van der Waals surface area contributed by atoms with Crippen molar-refractivity contribution in [3.63, 3.8) is 0 Å². The number of amides is 1. The van der Waals surface area contributed by atoms with E-state index in [4.69, 9.17) is 4.74 Å². The van der Waals surface area contributed by atoms with Crippen molar-refractivity contribution < 1.29 is 17.9 Å². The molecule has 6 nitrogen and oxygen atoms in total. The Kier molecular flexibility index (Phi) is 6.05. The van der Waals surface area contributed by atoms with Gasteiger partial charge in [0, 0.05) is 24.7 Å². The number of ether oxygens (including phenoxy) is 1. The van der Waals surface area contributed by atoms with Crippen LogP contribution < -0.4 is 10.1 Å². The van der Waals surface area contributed by atoms with Crippen LogP contribution in [0.5, 0.6) is 5.75 Å². The van der Waals surface area contributed by atoms with Crippen LogP contribution in [0.25, 0.3) is 0 Å². The lowest BCUT2D eigenvalue weighted by molar-refractivity contribution is -0.120. The highest BCUT2D eigenvalue weighted by molar-refractivity contribution is 7.89. The summed E-state index contributed by atoms with van der Waals surface area (Å²) in [5.41, 5.74) is 2.58. The number of nitrogens with zero attached hydrogens (tertiary/aromatic N) is 1. The number of carbonyl (C=O) groups excluding carboxylic acids is 1. The van der Waals surface area contributed by atoms with Crippen molar-refractivity contribution in [1.82, 2.24) is 4.31 Å². The van der Waals surface area contributed by atoms with Crippen molar-refractivity contribution in [2.75, 3.05) is 25.5 Å². The molecule has 0 bridgehead atoms. The lowest BCUT2D eigenvalue weighted by Crippen LogP contribution is -2.41. The Morgan fingerprint density at radius 2 is 1.75 bits per heavy atom. The molecular weight excluding hydrogens is 376 g/mol. The van der Waals surface area contributed by atoms with E-state index in [1.807, 2.05) is 38.1 Å². The van der Waals surface area contributed by atoms with Crippen LogP contribution in [0.15, 0.2) is 47.4 Å². The molecule has 1 fully saturated rings. The minimum atomic E-state index is -3.58. The molecule has 0 aromatic heterocycles. The molecule has 1 saturated heterocycles. The first kappa shape index (κ1) is 20.4. The molecule has 0 aliphatic carbocycles. The summed E-state index contributed by atoms with van der Waals surface area (Å²) < 4.78 is 32.5. The summed E-state index contributed by atoms with van der Waals surface area (Å²) in [6, 6.07) is 12.5. The third-order valence-electron chi connectivity index (χ3n) is 5.23. The van der Waals surface area contributed by atoms with Gasteiger partial charge in [0.25, 0.3) is 0 Å². The molecule has 1 aliphatic rings. The second-order valence-electron chi connectivity index (χ2n) is 7.11. The van der Waals surface area contributed by atoms with Crippen molar-refractivity contribution in [2.45, 2.75) is 31.6 Å². The van der Waals surface area contributed by atoms with Gasteiger partial charge in [0.05, 0.1) is 12.0 Å². The highest BCUT2D eigenvalue weighted by atomic mass is 32.2. The summed E-state index contributed by atoms with van der Waals surface area (Å²) in [5.74, 6) is 0.417. The number of benzene rings is 2. The van der Waals surface area contributed by atoms with Crippen molar-refractivity contribution in [1.29, 1.82) is 0 Å². The van der Waals surface area contributed by atoms with Crippen molar-refractivity contribution in [3.05, 3.63) is 53.6 Å². The fraction of sp³-hybridized carbons (Fsp3) is 0.381. The van der Waals surface area contributed by atoms with Gasteiger partial charge in [-0.3, -0.25) is 4.79 Å². The normalized spacial score (nSPS) is 16.0. The first-order valence-electron chi connectivity index (χ1n) is 9.34. The van der Waals surface area contributed by atoms with Crippen LogP contribution in [-0.2, 0) is 14.8 Å². The van der Waals surface area contributed by atoms with Gasteiger partial charge in [0.1, 0.15) is 5.75 Å². The number of hydrogen-bond donors (Lipinski definition) is 1. The molecule has 28 heavy (non-hydrogen) atoms. The number of aryl methyl sites for hydroxylation is 2. The molecule has 1 amide bonds. The molecule has 1 heterocycles. The Hall–Kier alpha value is -2.38. The first-order chi connectivity index (χ1) is 13.3. The molecule has 2 aromatic rings. The third kappa shape index (κ3) is 4.20. The SMILES string of the molecule is COc1ccc(S(=O)(=O)N2CCC(C(=O)Nc3ccccc3C)CC2)cc1C. The number of anilines is 1. The van der Waals surface area contributed by atoms with E-state index in [0.717, 1.165) is 16.8 Å². The molecule has 0 spiro atoms. The Morgan fingerprint density at radius 3 is 2.36 bits per heavy atom. The summed E-state index contributed by atoms with van der Waals surface area (Å²) >= 11 is 0. The standard InChI is InChI=1S/C21H26N2O4S/c1-15-6-4-5-7-19(15)22-21(24)17-10-12-23(13-11-17)28(25,26)18-8-9-20(27-3)16(2)14-18/h4-9,14,17H,10-13H2,1-3H3,(H,22,24). The largest absolute Gasteiger partial charge is 0.496 e. The van der Waals surface area contributed by atoms with Crippen molar-refractivity contribution in [2.24, 2.45) is 5.92 Å². The lowest BCUT2D eigenvalue weighted by Gasteiger charge is -2.30. The van der Waals surface area contributed by atoms with Gasteiger partial charge in [-0.25, -0.2) is 8.42 Å². The maximum Gasteiger partial charge on any atom is 0.243 e. The molecule has 150 valence electrons. The fourth-order valence-electron chi connectivity index (χ4n) is 3.47. The second-order valence-corrected chi connectivity index (χ2v) is 9.05. The smallest absolute Gasteiger partial charge is 0.243 e. The molecule has 0 atom stereocenters. The fourth-order valence-corrected chi connectivity index (χ4v) is 5.02. The summed E-state index contributed by atoms with van der Waals surface area (Å²) in [5, 5.41) is 2.96. The van der Waals surface area contributed by atoms with Crippen LogP contribution in [0.1, 0.15) is 24.0 Å². The summed E-state index contributed by atoms with van der Waals surface area (Å²) in [6.07, 6.45) is 1.01. The molecule has 0 saturated carbocycles. The van der Waals surface area contributed by atoms with E-state index < -0.39 is 10.0 Å². The highest BCUT2D eigenvalue weighted by Gasteiger charge is 2.32. The van der Waals surface area contributed by atoms with E-state index in [1.54, 1.807) is 25.3 Å². The first-order valence-corrected chi connectivity index (χ1v) is 10.8. The molecule has 0 unspecified atom stereocenters. The molecule has 7 heteroatoms. The van der Waals surface area contributed by atoms with Gasteiger partial charge < -0.3 is 10.1 Å². The molecule has 1 N–H and O–H groups in total. The average Bonchev–Trinajstić information content (AvgIpc) is 2.69. The predicted molar refractivity (Wildman–Crippen MR) is 109 cm³/mol. The third-order valence-corrected chi connectivity index (χ3v) is 7.13. The van der Waals surface area contributed by atoms with E-state index in [1.165, 1.54) is 4.31 Å². The van der Waals surface area contributed by atoms with E-state index in [9.17, 15) is 13.2 Å². The lowest BCUT2D eigenvalue weighted by atomic mass is 9.97. The molecule has 0 radical (unpaired) electrons. The van der Waals surface area contributed by atoms with Crippen molar-refractivity contribution >= 4 is 21.6 Å². The van der Waals surface area contributed by atoms with Gasteiger partial charge in [0.15, 0.2) is 0 Å². The number of carbonyl (C=O) groups is 1. The van der Waals surface area contributed by atoms with E-state index >= 15 is 0 Å². The van der Waals surface area contributed by atoms with Gasteiger partial charge in [-0.2, -0.15) is 4.31 Å². The quantitative estimate of drug-likeness (QED) is 0.832. The number of rotatable bonds is 5. The van der Waals surface area contributed by atoms with Crippen LogP contribution >= 0.6 is 0 Å². The number of sulfonamides is 1. The minimum Gasteiger partial charge on any atom is -0.496 e. The number of methoxy groups -OCH3 is 1. The summed E-state index contributed by atoms with van der Waals surface area (Å²) in [7, 11) is -2.02. The molecule has 1 aliphatic heterocycles. The highest BCUT2D eigenvalue weighted by Crippen LogP contribution is 2.28. The van der Waals surface area contributed by atoms with Crippen molar-refractivity contribution in [3.8, 4) is 5.75 Å². The number of nitrogens with one attached hydrogen (secondary N) is 1. The number of para-hydroxylation sites is 1. The Balaban J connectivity index is 1.65. The zero-order valence-electron chi connectivity index (χ0n) is 16.4. The minimum absolute atomic E-state index is 0.0494. The van der Waals surface area contributed by atoms with Gasteiger partial charge in [-0.15, -0.1) is 0 Å². The maximum absolute atomic E-state index is 12.9. The molecule has 3 rings (SSSR count). The van der Waals surface area contributed by atoms with E-state index in [2.05, 4.69) is 5.32 Å². The second kappa shape index (κ2) is 8.32. The average molecular weight is 403 g/mol. The van der Waals surface area contributed by atoms with Crippen LogP contribution in [0.4, 0.5) is 5.69 Å². The van der Waals surface area contributed by atoms with E-state index in [-0.39, 0.29) is 16.7 Å². The summed E-state index contributed by atoms with van der Waals surface area (Å²) in [4.78, 5) is 12.8. The number of piperidine rings is 1. The van der Waals surface area contributed by atoms with Gasteiger partial charge in [-0.05, 0) is 62.1 Å². The monoisotopic (exact) mass is 402 g/mol. The van der Waals surface area contributed by atoms with Crippen LogP contribution in [0.2, 0.25) is 0 Å². The zero-order valence-corrected chi connectivity index (χ0v) is 17.3. The Bertz CT molecular complexity index is 964. The topological polar surface area (TPSA) is 75.7 Å². The maximum atomic E-state index is 12.9. The van der Waals surface area contributed by atoms with E-state index in [0.29, 0.717) is 31.7 Å². The van der Waals surface area contributed by atoms with Gasteiger partial charge in [-0.1, -0.05) is 18.2 Å². The summed E-state index contributed by atoms with van der Waals surface area (Å²) in [6.45, 7) is 4.43. The molecular formula is C21H26N2O4S. The van der Waals surface area contributed by atoms with Crippen LogP contribution in [-0.4, -0.2) is 38.8 Å². The van der Waals surface area contributed by atoms with Crippen LogP contribution in [0, 0.1) is 19.8 Å². The van der Waals surface area contributed by atoms with Crippen LogP contribution in [0.3, 0.4) is 0 Å². The molecule has 2 aromatic carbocycles. The van der Waals surface area contributed by atoms with Gasteiger partial charge >= 0.3 is 0 Å². The van der Waals surface area contributed by atoms with Gasteiger partial charge in [0.2, 0.25) is 15.9 Å². The Labute approximate surface area is 166 Å².